The van der Waals surface area contributed by atoms with Gasteiger partial charge in [-0.3, -0.25) is 15.1 Å². The third-order valence-corrected chi connectivity index (χ3v) is 5.81. The Labute approximate surface area is 185 Å². The minimum atomic E-state index is -0.357. The van der Waals surface area contributed by atoms with Gasteiger partial charge in [0.25, 0.3) is 5.91 Å². The second-order valence-electron chi connectivity index (χ2n) is 6.10. The molecule has 0 atom stereocenters. The number of fused-ring (bicyclic) bond motifs is 1. The lowest BCUT2D eigenvalue weighted by atomic mass is 10.0. The Morgan fingerprint density at radius 2 is 1.97 bits per heavy atom. The summed E-state index contributed by atoms with van der Waals surface area (Å²) in [6.07, 6.45) is 6.58. The first-order valence-corrected chi connectivity index (χ1v) is 11.1. The molecule has 4 rings (SSSR count). The zero-order chi connectivity index (χ0) is 21.3. The monoisotopic (exact) mass is 458 g/mol. The highest BCUT2D eigenvalue weighted by molar-refractivity contribution is 7.98. The minimum Gasteiger partial charge on any atom is -0.494 e. The number of pyridine rings is 2. The molecular formula is C19H15ClN6O2S2. The Morgan fingerprint density at radius 3 is 2.73 bits per heavy atom. The van der Waals surface area contributed by atoms with Gasteiger partial charge in [0, 0.05) is 23.0 Å². The van der Waals surface area contributed by atoms with Crippen LogP contribution in [0.5, 0.6) is 5.75 Å². The van der Waals surface area contributed by atoms with E-state index in [1.54, 1.807) is 18.3 Å². The summed E-state index contributed by atoms with van der Waals surface area (Å²) in [7, 11) is 1.53. The Morgan fingerprint density at radius 1 is 1.13 bits per heavy atom. The lowest BCUT2D eigenvalue weighted by molar-refractivity contribution is 0.102. The van der Waals surface area contributed by atoms with Crippen molar-refractivity contribution in [2.45, 2.75) is 12.1 Å². The summed E-state index contributed by atoms with van der Waals surface area (Å²) < 4.78 is 5.41. The van der Waals surface area contributed by atoms with Crippen molar-refractivity contribution in [1.29, 1.82) is 0 Å². The smallest absolute Gasteiger partial charge is 0.259 e. The fraction of sp³-hybridized carbons (Fsp3) is 0.158. The van der Waals surface area contributed by atoms with Gasteiger partial charge in [-0.25, -0.2) is 19.9 Å². The third-order valence-electron chi connectivity index (χ3n) is 4.16. The Bertz CT molecular complexity index is 1260. The number of nitrogens with one attached hydrogen (secondary N) is 1. The zero-order valence-corrected chi connectivity index (χ0v) is 18.5. The van der Waals surface area contributed by atoms with Gasteiger partial charge in [0.1, 0.15) is 21.2 Å². The molecule has 0 saturated carbocycles. The van der Waals surface area contributed by atoms with Crippen LogP contribution < -0.4 is 10.1 Å². The van der Waals surface area contributed by atoms with E-state index >= 15 is 0 Å². The maximum absolute atomic E-state index is 13.1. The van der Waals surface area contributed by atoms with Gasteiger partial charge in [0.05, 0.1) is 25.1 Å². The van der Waals surface area contributed by atoms with Crippen molar-refractivity contribution in [3.63, 3.8) is 0 Å². The van der Waals surface area contributed by atoms with Gasteiger partial charge in [-0.05, 0) is 25.3 Å². The fourth-order valence-electron chi connectivity index (χ4n) is 2.79. The highest BCUT2D eigenvalue weighted by Crippen LogP contribution is 2.34. The number of ether oxygens (including phenoxy) is 1. The molecule has 8 nitrogen and oxygen atoms in total. The lowest BCUT2D eigenvalue weighted by Crippen LogP contribution is -2.14. The van der Waals surface area contributed by atoms with E-state index in [9.17, 15) is 4.79 Å². The van der Waals surface area contributed by atoms with Crippen molar-refractivity contribution >= 4 is 56.1 Å². The lowest BCUT2D eigenvalue weighted by Gasteiger charge is -2.13. The summed E-state index contributed by atoms with van der Waals surface area (Å²) in [6.45, 7) is 1.84. The summed E-state index contributed by atoms with van der Waals surface area (Å²) in [6, 6.07) is 3.46. The van der Waals surface area contributed by atoms with Crippen LogP contribution in [-0.2, 0) is 0 Å². The average molecular weight is 459 g/mol. The molecule has 0 saturated heterocycles. The van der Waals surface area contributed by atoms with Gasteiger partial charge in [0.2, 0.25) is 0 Å². The molecule has 0 spiro atoms. The van der Waals surface area contributed by atoms with Crippen molar-refractivity contribution in [3.05, 3.63) is 47.1 Å². The summed E-state index contributed by atoms with van der Waals surface area (Å²) in [5.74, 6) is 0.142. The number of carbonyl (C=O) groups is 1. The van der Waals surface area contributed by atoms with E-state index < -0.39 is 0 Å². The van der Waals surface area contributed by atoms with Gasteiger partial charge in [-0.15, -0.1) is 0 Å². The van der Waals surface area contributed by atoms with Crippen LogP contribution in [-0.4, -0.2) is 44.2 Å². The molecule has 1 N–H and O–H groups in total. The quantitative estimate of drug-likeness (QED) is 0.265. The van der Waals surface area contributed by atoms with Gasteiger partial charge in [0.15, 0.2) is 10.3 Å². The number of amides is 1. The number of thiazole rings is 1. The minimum absolute atomic E-state index is 0.293. The first kappa shape index (κ1) is 20.5. The molecule has 0 bridgehead atoms. The number of rotatable bonds is 5. The summed E-state index contributed by atoms with van der Waals surface area (Å²) in [5, 5.41) is 4.20. The van der Waals surface area contributed by atoms with Crippen LogP contribution in [0.1, 0.15) is 16.1 Å². The second-order valence-corrected chi connectivity index (χ2v) is 8.24. The normalized spacial score (nSPS) is 10.9. The molecule has 152 valence electrons. The predicted octanol–water partition coefficient (Wildman–Crippen LogP) is 4.49. The maximum atomic E-state index is 13.1. The molecule has 30 heavy (non-hydrogen) atoms. The molecule has 1 amide bonds. The number of nitrogens with zero attached hydrogens (tertiary/aromatic N) is 5. The SMILES string of the molecule is COc1cnc(Cl)cc1-c1cc(C)ncc1C(=O)Nc1nc2cnc(SC)nc2s1. The topological polar surface area (TPSA) is 103 Å². The number of thioether (sulfide) groups is 1. The molecule has 0 fully saturated rings. The predicted molar refractivity (Wildman–Crippen MR) is 119 cm³/mol. The van der Waals surface area contributed by atoms with E-state index in [0.717, 1.165) is 5.69 Å². The van der Waals surface area contributed by atoms with Gasteiger partial charge in [-0.2, -0.15) is 0 Å². The van der Waals surface area contributed by atoms with Gasteiger partial charge < -0.3 is 4.74 Å². The molecule has 4 aromatic rings. The standard InChI is InChI=1S/C19H15ClN6O2S2/c1-9-4-10(11-5-15(20)22-8-14(11)28-2)12(6-21-9)16(27)25-19-24-13-7-23-18(29-3)26-17(13)30-19/h4-8H,1-3H3,(H,24,25,27). The van der Waals surface area contributed by atoms with Crippen molar-refractivity contribution in [1.82, 2.24) is 24.9 Å². The number of aryl methyl sites for hydroxylation is 1. The summed E-state index contributed by atoms with van der Waals surface area (Å²) in [5.41, 5.74) is 3.00. The molecule has 0 aliphatic carbocycles. The Kier molecular flexibility index (Phi) is 5.80. The number of anilines is 1. The molecule has 4 aromatic heterocycles. The van der Waals surface area contributed by atoms with E-state index in [4.69, 9.17) is 16.3 Å². The third kappa shape index (κ3) is 4.07. The van der Waals surface area contributed by atoms with Crippen LogP contribution >= 0.6 is 34.7 Å². The van der Waals surface area contributed by atoms with E-state index in [0.29, 0.717) is 48.2 Å². The van der Waals surface area contributed by atoms with Crippen molar-refractivity contribution < 1.29 is 9.53 Å². The Balaban J connectivity index is 1.73. The molecular weight excluding hydrogens is 444 g/mol. The highest BCUT2D eigenvalue weighted by atomic mass is 35.5. The van der Waals surface area contributed by atoms with Crippen molar-refractivity contribution in [2.24, 2.45) is 0 Å². The molecule has 0 radical (unpaired) electrons. The fourth-order valence-corrected chi connectivity index (χ4v) is 4.15. The van der Waals surface area contributed by atoms with E-state index in [-0.39, 0.29) is 5.91 Å². The zero-order valence-electron chi connectivity index (χ0n) is 16.1. The number of hydrogen-bond acceptors (Lipinski definition) is 9. The molecule has 0 aliphatic heterocycles. The number of hydrogen-bond donors (Lipinski definition) is 1. The molecule has 0 aromatic carbocycles. The number of methoxy groups -OCH3 is 1. The second kappa shape index (κ2) is 8.50. The van der Waals surface area contributed by atoms with Crippen molar-refractivity contribution in [2.75, 3.05) is 18.7 Å². The van der Waals surface area contributed by atoms with E-state index in [1.165, 1.54) is 42.6 Å². The van der Waals surface area contributed by atoms with Crippen LogP contribution in [0, 0.1) is 6.92 Å². The van der Waals surface area contributed by atoms with Crippen LogP contribution in [0.15, 0.2) is 35.9 Å². The summed E-state index contributed by atoms with van der Waals surface area (Å²) in [4.78, 5) is 35.1. The van der Waals surface area contributed by atoms with Crippen LogP contribution in [0.2, 0.25) is 5.15 Å². The van der Waals surface area contributed by atoms with Crippen LogP contribution in [0.3, 0.4) is 0 Å². The number of halogens is 1. The highest BCUT2D eigenvalue weighted by Gasteiger charge is 2.19. The van der Waals surface area contributed by atoms with Crippen LogP contribution in [0.4, 0.5) is 5.13 Å². The largest absolute Gasteiger partial charge is 0.494 e. The summed E-state index contributed by atoms with van der Waals surface area (Å²) >= 11 is 8.81. The molecule has 0 unspecified atom stereocenters. The first-order valence-electron chi connectivity index (χ1n) is 8.64. The number of carbonyl (C=O) groups excluding carboxylic acids is 1. The molecule has 4 heterocycles. The Hall–Kier alpha value is -2.82. The van der Waals surface area contributed by atoms with E-state index in [2.05, 4.69) is 30.2 Å². The van der Waals surface area contributed by atoms with Crippen LogP contribution in [0.25, 0.3) is 21.5 Å². The molecule has 11 heteroatoms. The molecule has 0 aliphatic rings. The maximum Gasteiger partial charge on any atom is 0.259 e. The van der Waals surface area contributed by atoms with Crippen molar-refractivity contribution in [3.8, 4) is 16.9 Å². The first-order chi connectivity index (χ1) is 14.5. The van der Waals surface area contributed by atoms with E-state index in [1.807, 2.05) is 13.2 Å². The average Bonchev–Trinajstić information content (AvgIpc) is 3.14. The number of aromatic nitrogens is 5. The van der Waals surface area contributed by atoms with Gasteiger partial charge >= 0.3 is 0 Å². The van der Waals surface area contributed by atoms with Gasteiger partial charge in [-0.1, -0.05) is 34.7 Å².